The molecular weight excluding hydrogens is 294 g/mol. The van der Waals surface area contributed by atoms with Gasteiger partial charge in [0.1, 0.15) is 5.75 Å². The van der Waals surface area contributed by atoms with Gasteiger partial charge in [0.2, 0.25) is 0 Å². The molecule has 2 heteroatoms. The molecule has 0 saturated carbocycles. The summed E-state index contributed by atoms with van der Waals surface area (Å²) >= 11 is 0. The molecule has 24 heavy (non-hydrogen) atoms. The van der Waals surface area contributed by atoms with Crippen molar-refractivity contribution in [1.29, 1.82) is 0 Å². The average Bonchev–Trinajstić information content (AvgIpc) is 2.66. The van der Waals surface area contributed by atoms with E-state index in [1.54, 1.807) is 0 Å². The Balaban J connectivity index is 1.93. The first kappa shape index (κ1) is 16.3. The maximum Gasteiger partial charge on any atom is 0.123 e. The molecule has 0 saturated heterocycles. The number of unbranched alkanes of at least 4 members (excludes halogenated alkanes) is 2. The van der Waals surface area contributed by atoms with Crippen molar-refractivity contribution < 1.29 is 4.74 Å². The summed E-state index contributed by atoms with van der Waals surface area (Å²) in [5.74, 6) is 0.888. The molecule has 0 aliphatic carbocycles. The SMILES string of the molecule is CCCCCOc1cc(-c2ccccc2)nc(-c2ccccc2)c1. The number of rotatable bonds is 7. The van der Waals surface area contributed by atoms with Crippen LogP contribution in [0.5, 0.6) is 5.75 Å². The molecule has 2 aromatic carbocycles. The van der Waals surface area contributed by atoms with Gasteiger partial charge in [-0.1, -0.05) is 80.4 Å². The molecule has 0 aliphatic heterocycles. The fourth-order valence-electron chi connectivity index (χ4n) is 2.64. The second-order valence-corrected chi connectivity index (χ2v) is 5.86. The summed E-state index contributed by atoms with van der Waals surface area (Å²) in [5.41, 5.74) is 4.10. The number of ether oxygens (including phenoxy) is 1. The quantitative estimate of drug-likeness (QED) is 0.500. The van der Waals surface area contributed by atoms with Crippen LogP contribution in [0, 0.1) is 0 Å². The van der Waals surface area contributed by atoms with Crippen molar-refractivity contribution in [2.45, 2.75) is 26.2 Å². The Morgan fingerprint density at radius 1 is 0.750 bits per heavy atom. The summed E-state index contributed by atoms with van der Waals surface area (Å²) in [4.78, 5) is 4.84. The van der Waals surface area contributed by atoms with Crippen molar-refractivity contribution in [3.63, 3.8) is 0 Å². The molecule has 0 radical (unpaired) electrons. The highest BCUT2D eigenvalue weighted by molar-refractivity contribution is 5.68. The molecular formula is C22H23NO. The monoisotopic (exact) mass is 317 g/mol. The number of benzene rings is 2. The van der Waals surface area contributed by atoms with E-state index in [0.29, 0.717) is 0 Å². The average molecular weight is 317 g/mol. The van der Waals surface area contributed by atoms with Crippen LogP contribution in [0.2, 0.25) is 0 Å². The van der Waals surface area contributed by atoms with Gasteiger partial charge >= 0.3 is 0 Å². The molecule has 122 valence electrons. The van der Waals surface area contributed by atoms with Crippen LogP contribution in [-0.4, -0.2) is 11.6 Å². The lowest BCUT2D eigenvalue weighted by Gasteiger charge is -2.11. The van der Waals surface area contributed by atoms with E-state index in [2.05, 4.69) is 31.2 Å². The fraction of sp³-hybridized carbons (Fsp3) is 0.227. The molecule has 1 aromatic heterocycles. The maximum absolute atomic E-state index is 5.99. The van der Waals surface area contributed by atoms with Gasteiger partial charge in [0, 0.05) is 23.3 Å². The molecule has 0 atom stereocenters. The van der Waals surface area contributed by atoms with Crippen molar-refractivity contribution in [2.75, 3.05) is 6.61 Å². The van der Waals surface area contributed by atoms with E-state index in [9.17, 15) is 0 Å². The van der Waals surface area contributed by atoms with Gasteiger partial charge in [-0.3, -0.25) is 0 Å². The van der Waals surface area contributed by atoms with Crippen LogP contribution in [0.1, 0.15) is 26.2 Å². The minimum Gasteiger partial charge on any atom is -0.493 e. The summed E-state index contributed by atoms with van der Waals surface area (Å²) < 4.78 is 5.99. The number of nitrogens with zero attached hydrogens (tertiary/aromatic N) is 1. The molecule has 0 bridgehead atoms. The Morgan fingerprint density at radius 2 is 1.29 bits per heavy atom. The van der Waals surface area contributed by atoms with Gasteiger partial charge in [-0.25, -0.2) is 4.98 Å². The Morgan fingerprint density at radius 3 is 1.79 bits per heavy atom. The molecule has 0 fully saturated rings. The van der Waals surface area contributed by atoms with Crippen LogP contribution in [0.25, 0.3) is 22.5 Å². The summed E-state index contributed by atoms with van der Waals surface area (Å²) in [6.45, 7) is 2.95. The van der Waals surface area contributed by atoms with Crippen LogP contribution in [0.4, 0.5) is 0 Å². The van der Waals surface area contributed by atoms with Gasteiger partial charge in [0.05, 0.1) is 18.0 Å². The molecule has 0 aliphatic rings. The minimum atomic E-state index is 0.750. The second kappa shape index (κ2) is 8.30. The zero-order valence-corrected chi connectivity index (χ0v) is 14.1. The molecule has 0 unspecified atom stereocenters. The van der Waals surface area contributed by atoms with Crippen molar-refractivity contribution in [3.8, 4) is 28.3 Å². The lowest BCUT2D eigenvalue weighted by Crippen LogP contribution is -1.99. The maximum atomic E-state index is 5.99. The van der Waals surface area contributed by atoms with Crippen LogP contribution < -0.4 is 4.74 Å². The highest BCUT2D eigenvalue weighted by Gasteiger charge is 2.07. The predicted octanol–water partition coefficient (Wildman–Crippen LogP) is 5.98. The summed E-state index contributed by atoms with van der Waals surface area (Å²) in [7, 11) is 0. The Kier molecular flexibility index (Phi) is 5.62. The third-order valence-electron chi connectivity index (χ3n) is 3.95. The van der Waals surface area contributed by atoms with Crippen LogP contribution in [-0.2, 0) is 0 Å². The third kappa shape index (κ3) is 4.23. The van der Waals surface area contributed by atoms with Crippen molar-refractivity contribution in [1.82, 2.24) is 4.98 Å². The highest BCUT2D eigenvalue weighted by Crippen LogP contribution is 2.28. The Bertz CT molecular complexity index is 696. The van der Waals surface area contributed by atoms with Gasteiger partial charge in [-0.2, -0.15) is 0 Å². The molecule has 3 rings (SSSR count). The van der Waals surface area contributed by atoms with Gasteiger partial charge in [-0.05, 0) is 6.42 Å². The van der Waals surface area contributed by atoms with E-state index in [-0.39, 0.29) is 0 Å². The largest absolute Gasteiger partial charge is 0.493 e. The molecule has 0 amide bonds. The topological polar surface area (TPSA) is 22.1 Å². The smallest absolute Gasteiger partial charge is 0.123 e. The van der Waals surface area contributed by atoms with Crippen LogP contribution in [0.3, 0.4) is 0 Å². The van der Waals surface area contributed by atoms with Crippen LogP contribution >= 0.6 is 0 Å². The molecule has 0 N–H and O–H groups in total. The van der Waals surface area contributed by atoms with E-state index in [0.717, 1.165) is 41.3 Å². The minimum absolute atomic E-state index is 0.750. The van der Waals surface area contributed by atoms with E-state index in [1.807, 2.05) is 48.5 Å². The van der Waals surface area contributed by atoms with Gasteiger partial charge in [0.15, 0.2) is 0 Å². The first-order valence-electron chi connectivity index (χ1n) is 8.62. The Labute approximate surface area is 144 Å². The summed E-state index contributed by atoms with van der Waals surface area (Å²) in [5, 5.41) is 0. The van der Waals surface area contributed by atoms with E-state index in [1.165, 1.54) is 12.8 Å². The van der Waals surface area contributed by atoms with E-state index in [4.69, 9.17) is 9.72 Å². The van der Waals surface area contributed by atoms with Crippen molar-refractivity contribution in [3.05, 3.63) is 72.8 Å². The highest BCUT2D eigenvalue weighted by atomic mass is 16.5. The zero-order chi connectivity index (χ0) is 16.6. The standard InChI is InChI=1S/C22H23NO/c1-2-3-10-15-24-20-16-21(18-11-6-4-7-12-18)23-22(17-20)19-13-8-5-9-14-19/h4-9,11-14,16-17H,2-3,10,15H2,1H3. The number of hydrogen-bond acceptors (Lipinski definition) is 2. The van der Waals surface area contributed by atoms with Crippen molar-refractivity contribution in [2.24, 2.45) is 0 Å². The molecule has 3 aromatic rings. The van der Waals surface area contributed by atoms with Crippen LogP contribution in [0.15, 0.2) is 72.8 Å². The number of hydrogen-bond donors (Lipinski definition) is 0. The number of aromatic nitrogens is 1. The molecule has 2 nitrogen and oxygen atoms in total. The number of pyridine rings is 1. The van der Waals surface area contributed by atoms with Gasteiger partial charge < -0.3 is 4.74 Å². The molecule has 0 spiro atoms. The lowest BCUT2D eigenvalue weighted by molar-refractivity contribution is 0.306. The molecule has 1 heterocycles. The fourth-order valence-corrected chi connectivity index (χ4v) is 2.64. The first-order valence-corrected chi connectivity index (χ1v) is 8.62. The zero-order valence-electron chi connectivity index (χ0n) is 14.1. The second-order valence-electron chi connectivity index (χ2n) is 5.86. The van der Waals surface area contributed by atoms with Gasteiger partial charge in [-0.15, -0.1) is 0 Å². The third-order valence-corrected chi connectivity index (χ3v) is 3.95. The summed E-state index contributed by atoms with van der Waals surface area (Å²) in [6.07, 6.45) is 3.48. The van der Waals surface area contributed by atoms with E-state index < -0.39 is 0 Å². The van der Waals surface area contributed by atoms with Gasteiger partial charge in [0.25, 0.3) is 0 Å². The Hall–Kier alpha value is -2.61. The lowest BCUT2D eigenvalue weighted by atomic mass is 10.1. The summed E-state index contributed by atoms with van der Waals surface area (Å²) in [6, 6.07) is 24.6. The van der Waals surface area contributed by atoms with E-state index >= 15 is 0 Å². The first-order chi connectivity index (χ1) is 11.9. The normalized spacial score (nSPS) is 10.5. The van der Waals surface area contributed by atoms with Crippen molar-refractivity contribution >= 4 is 0 Å². The predicted molar refractivity (Wildman–Crippen MR) is 100 cm³/mol.